The van der Waals surface area contributed by atoms with Crippen LogP contribution in [0.4, 0.5) is 8.78 Å². The molecule has 31 heavy (non-hydrogen) atoms. The number of benzene rings is 1. The number of halogens is 2. The van der Waals surface area contributed by atoms with Gasteiger partial charge in [-0.1, -0.05) is 6.07 Å². The van der Waals surface area contributed by atoms with Crippen LogP contribution in [0.3, 0.4) is 0 Å². The monoisotopic (exact) mass is 424 g/mol. The second-order valence-corrected chi connectivity index (χ2v) is 6.83. The zero-order valence-corrected chi connectivity index (χ0v) is 16.7. The van der Waals surface area contributed by atoms with E-state index in [1.54, 1.807) is 24.4 Å². The highest BCUT2D eigenvalue weighted by molar-refractivity contribution is 6.08. The number of amides is 1. The Morgan fingerprint density at radius 1 is 1.19 bits per heavy atom. The number of carbonyl (C=O) groups excluding carboxylic acids is 1. The molecule has 1 unspecified atom stereocenters. The Kier molecular flexibility index (Phi) is 5.05. The number of rotatable bonds is 5. The summed E-state index contributed by atoms with van der Waals surface area (Å²) in [7, 11) is 2.94. The van der Waals surface area contributed by atoms with Crippen molar-refractivity contribution in [2.24, 2.45) is 10.7 Å². The van der Waals surface area contributed by atoms with Crippen LogP contribution in [0.1, 0.15) is 23.4 Å². The van der Waals surface area contributed by atoms with Crippen LogP contribution >= 0.6 is 0 Å². The first-order chi connectivity index (χ1) is 14.9. The summed E-state index contributed by atoms with van der Waals surface area (Å²) in [6.07, 6.45) is 1.81. The fourth-order valence-electron chi connectivity index (χ4n) is 3.44. The number of nitrogens with two attached hydrogens (primary N) is 1. The predicted molar refractivity (Wildman–Crippen MR) is 108 cm³/mol. The number of guanidine groups is 1. The highest BCUT2D eigenvalue weighted by Crippen LogP contribution is 2.41. The maximum Gasteiger partial charge on any atom is 0.280 e. The minimum Gasteiger partial charge on any atom is -0.497 e. The lowest BCUT2D eigenvalue weighted by molar-refractivity contribution is -0.129. The fourth-order valence-corrected chi connectivity index (χ4v) is 3.44. The highest BCUT2D eigenvalue weighted by atomic mass is 19.3. The van der Waals surface area contributed by atoms with E-state index in [0.29, 0.717) is 22.6 Å². The van der Waals surface area contributed by atoms with E-state index < -0.39 is 23.6 Å². The average molecular weight is 424 g/mol. The van der Waals surface area contributed by atoms with Crippen molar-refractivity contribution in [2.75, 3.05) is 14.2 Å². The first-order valence-electron chi connectivity index (χ1n) is 9.22. The predicted octanol–water partition coefficient (Wildman–Crippen LogP) is 2.52. The van der Waals surface area contributed by atoms with Crippen LogP contribution < -0.4 is 10.5 Å². The van der Waals surface area contributed by atoms with Gasteiger partial charge in [0.05, 0.1) is 24.7 Å². The molecule has 1 aromatic carbocycles. The number of pyridine rings is 1. The maximum absolute atomic E-state index is 13.4. The zero-order valence-electron chi connectivity index (χ0n) is 16.7. The zero-order chi connectivity index (χ0) is 22.2. The van der Waals surface area contributed by atoms with Crippen LogP contribution in [0.15, 0.2) is 60.0 Å². The van der Waals surface area contributed by atoms with Gasteiger partial charge >= 0.3 is 0 Å². The van der Waals surface area contributed by atoms with Crippen molar-refractivity contribution >= 4 is 11.9 Å². The Morgan fingerprint density at radius 2 is 2.00 bits per heavy atom. The van der Waals surface area contributed by atoms with Gasteiger partial charge in [0.1, 0.15) is 11.4 Å². The van der Waals surface area contributed by atoms with Gasteiger partial charge in [0.2, 0.25) is 5.54 Å². The number of methoxy groups -OCH3 is 1. The quantitative estimate of drug-likeness (QED) is 0.675. The van der Waals surface area contributed by atoms with Crippen molar-refractivity contribution in [3.63, 3.8) is 0 Å². The maximum atomic E-state index is 13.4. The molecule has 0 saturated heterocycles. The van der Waals surface area contributed by atoms with E-state index in [0.717, 1.165) is 4.90 Å². The van der Waals surface area contributed by atoms with Gasteiger partial charge in [-0.2, -0.15) is 0 Å². The number of aromatic nitrogens is 3. The van der Waals surface area contributed by atoms with Gasteiger partial charge in [-0.25, -0.2) is 18.8 Å². The third-order valence-electron chi connectivity index (χ3n) is 5.02. The number of nitrogens with zero attached hydrogens (tertiary/aromatic N) is 5. The van der Waals surface area contributed by atoms with E-state index in [1.807, 2.05) is 0 Å². The van der Waals surface area contributed by atoms with E-state index in [2.05, 4.69) is 19.9 Å². The highest BCUT2D eigenvalue weighted by Gasteiger charge is 2.51. The molecule has 0 fully saturated rings. The topological polar surface area (TPSA) is 107 Å². The molecule has 1 aliphatic heterocycles. The first-order valence-corrected chi connectivity index (χ1v) is 9.22. The lowest BCUT2D eigenvalue weighted by atomic mass is 9.84. The molecule has 10 heteroatoms. The minimum absolute atomic E-state index is 0.0287. The van der Waals surface area contributed by atoms with E-state index in [9.17, 15) is 13.6 Å². The molecule has 2 N–H and O–H groups in total. The average Bonchev–Trinajstić information content (AvgIpc) is 3.04. The normalized spacial score (nSPS) is 18.4. The molecular formula is C21H18F2N6O2. The third kappa shape index (κ3) is 3.35. The number of alkyl halides is 2. The third-order valence-corrected chi connectivity index (χ3v) is 5.02. The van der Waals surface area contributed by atoms with Gasteiger partial charge in [0.25, 0.3) is 12.3 Å². The molecule has 3 heterocycles. The number of ether oxygens (including phenoxy) is 1. The van der Waals surface area contributed by atoms with E-state index in [4.69, 9.17) is 10.5 Å². The Bertz CT molecular complexity index is 1170. The number of hydrogen-bond donors (Lipinski definition) is 1. The van der Waals surface area contributed by atoms with Crippen LogP contribution in [-0.4, -0.2) is 45.9 Å². The summed E-state index contributed by atoms with van der Waals surface area (Å²) >= 11 is 0. The Labute approximate surface area is 176 Å². The van der Waals surface area contributed by atoms with E-state index >= 15 is 0 Å². The molecule has 1 amide bonds. The van der Waals surface area contributed by atoms with Crippen molar-refractivity contribution in [3.8, 4) is 17.0 Å². The number of hydrogen-bond acceptors (Lipinski definition) is 7. The van der Waals surface area contributed by atoms with Crippen LogP contribution in [0.5, 0.6) is 5.75 Å². The Morgan fingerprint density at radius 3 is 2.61 bits per heavy atom. The minimum atomic E-state index is -2.81. The summed E-state index contributed by atoms with van der Waals surface area (Å²) in [5.74, 6) is -0.168. The summed E-state index contributed by atoms with van der Waals surface area (Å²) in [5.41, 5.74) is 5.25. The second kappa shape index (κ2) is 7.71. The van der Waals surface area contributed by atoms with Gasteiger partial charge in [-0.15, -0.1) is 0 Å². The van der Waals surface area contributed by atoms with Gasteiger partial charge in [0, 0.05) is 25.0 Å². The van der Waals surface area contributed by atoms with Crippen LogP contribution in [0.25, 0.3) is 11.3 Å². The molecule has 1 aliphatic rings. The van der Waals surface area contributed by atoms with Gasteiger partial charge < -0.3 is 10.5 Å². The Hall–Kier alpha value is -3.95. The van der Waals surface area contributed by atoms with Crippen LogP contribution in [-0.2, 0) is 10.3 Å². The number of aliphatic imine (C=N–C) groups is 1. The summed E-state index contributed by atoms with van der Waals surface area (Å²) in [6.45, 7) is 0. The Balaban J connectivity index is 2.00. The molecule has 0 radical (unpaired) electrons. The molecule has 4 rings (SSSR count). The second-order valence-electron chi connectivity index (χ2n) is 6.83. The van der Waals surface area contributed by atoms with E-state index in [1.165, 1.54) is 44.8 Å². The largest absolute Gasteiger partial charge is 0.497 e. The lowest BCUT2D eigenvalue weighted by Gasteiger charge is -2.26. The van der Waals surface area contributed by atoms with Crippen LogP contribution in [0, 0.1) is 0 Å². The van der Waals surface area contributed by atoms with E-state index in [-0.39, 0.29) is 11.7 Å². The summed E-state index contributed by atoms with van der Waals surface area (Å²) in [6, 6.07) is 9.07. The van der Waals surface area contributed by atoms with Crippen LogP contribution in [0.2, 0.25) is 0 Å². The van der Waals surface area contributed by atoms with Crippen molar-refractivity contribution in [1.29, 1.82) is 0 Å². The van der Waals surface area contributed by atoms with Crippen molar-refractivity contribution < 1.29 is 18.3 Å². The molecule has 0 aliphatic carbocycles. The number of carbonyl (C=O) groups is 1. The molecular weight excluding hydrogens is 406 g/mol. The molecule has 2 aromatic heterocycles. The summed E-state index contributed by atoms with van der Waals surface area (Å²) in [5, 5.41) is 0. The molecule has 3 aromatic rings. The summed E-state index contributed by atoms with van der Waals surface area (Å²) < 4.78 is 32.1. The molecule has 158 valence electrons. The standard InChI is InChI=1S/C21H18F2N6O2/c1-29-19(30)21(28-20(29)24,17-5-3-4-15(27-17)18(22)23)13-8-12(9-14(10-13)31-2)16-11-25-6-7-26-16/h3-11,18H,1-2H3,(H2,24,28). The SMILES string of the molecule is COc1cc(-c2cnccn2)cc(C2(c3cccc(C(F)F)n3)N=C(N)N(C)C2=O)c1. The lowest BCUT2D eigenvalue weighted by Crippen LogP contribution is -2.41. The van der Waals surface area contributed by atoms with Crippen molar-refractivity contribution in [1.82, 2.24) is 19.9 Å². The molecule has 0 spiro atoms. The van der Waals surface area contributed by atoms with Crippen molar-refractivity contribution in [2.45, 2.75) is 12.0 Å². The molecule has 0 bridgehead atoms. The fraction of sp³-hybridized carbons (Fsp3) is 0.190. The number of likely N-dealkylation sites (N-methyl/N-ethyl adjacent to an activating group) is 1. The molecule has 8 nitrogen and oxygen atoms in total. The molecule has 0 saturated carbocycles. The molecule has 1 atom stereocenters. The first kappa shape index (κ1) is 20.3. The smallest absolute Gasteiger partial charge is 0.280 e. The van der Waals surface area contributed by atoms with Crippen molar-refractivity contribution in [3.05, 3.63) is 71.9 Å². The summed E-state index contributed by atoms with van der Waals surface area (Å²) in [4.78, 5) is 31.4. The van der Waals surface area contributed by atoms with Gasteiger partial charge in [0.15, 0.2) is 5.96 Å². The van der Waals surface area contributed by atoms with Gasteiger partial charge in [-0.3, -0.25) is 19.7 Å². The van der Waals surface area contributed by atoms with Gasteiger partial charge in [-0.05, 0) is 35.9 Å².